The van der Waals surface area contributed by atoms with Crippen molar-refractivity contribution in [3.05, 3.63) is 84.3 Å². The van der Waals surface area contributed by atoms with E-state index in [2.05, 4.69) is 53.1 Å². The lowest BCUT2D eigenvalue weighted by Crippen LogP contribution is -1.93. The Balaban J connectivity index is 1.88. The Hall–Kier alpha value is -2.94. The lowest BCUT2D eigenvalue weighted by Gasteiger charge is -2.11. The third-order valence-electron chi connectivity index (χ3n) is 4.63. The molecule has 0 spiro atoms. The number of hydrogen-bond acceptors (Lipinski definition) is 2. The fourth-order valence-corrected chi connectivity index (χ4v) is 3.22. The monoisotopic (exact) mass is 327 g/mol. The third kappa shape index (κ3) is 3.05. The molecule has 2 heterocycles. The van der Waals surface area contributed by atoms with Gasteiger partial charge in [0.1, 0.15) is 5.65 Å². The first kappa shape index (κ1) is 15.6. The van der Waals surface area contributed by atoms with Gasteiger partial charge in [-0.1, -0.05) is 30.9 Å². The fraction of sp³-hybridized carbons (Fsp3) is 0.182. The average molecular weight is 327 g/mol. The molecule has 3 aromatic rings. The molecule has 0 N–H and O–H groups in total. The van der Waals surface area contributed by atoms with Gasteiger partial charge < -0.3 is 4.40 Å². The zero-order valence-corrected chi connectivity index (χ0v) is 14.4. The van der Waals surface area contributed by atoms with E-state index < -0.39 is 0 Å². The molecule has 124 valence electrons. The number of benzene rings is 1. The topological polar surface area (TPSA) is 29.7 Å². The summed E-state index contributed by atoms with van der Waals surface area (Å²) in [5, 5.41) is 0. The van der Waals surface area contributed by atoms with Gasteiger partial charge in [-0.2, -0.15) is 0 Å². The average Bonchev–Trinajstić information content (AvgIpc) is 3.39. The number of imidazole rings is 1. The summed E-state index contributed by atoms with van der Waals surface area (Å²) in [7, 11) is 0. The molecule has 1 aromatic carbocycles. The second-order valence-corrected chi connectivity index (χ2v) is 6.36. The lowest BCUT2D eigenvalue weighted by molar-refractivity contribution is 1.13. The first-order valence-electron chi connectivity index (χ1n) is 8.69. The lowest BCUT2D eigenvalue weighted by atomic mass is 9.98. The Morgan fingerprint density at radius 3 is 2.88 bits per heavy atom. The number of rotatable bonds is 5. The predicted octanol–water partition coefficient (Wildman–Crippen LogP) is 5.36. The minimum absolute atomic E-state index is 0.723. The number of pyridine rings is 1. The molecule has 3 nitrogen and oxygen atoms in total. The molecule has 0 saturated heterocycles. The van der Waals surface area contributed by atoms with Crippen LogP contribution in [0.2, 0.25) is 0 Å². The molecule has 2 aromatic heterocycles. The summed E-state index contributed by atoms with van der Waals surface area (Å²) in [4.78, 5) is 9.00. The highest BCUT2D eigenvalue weighted by Gasteiger charge is 2.23. The summed E-state index contributed by atoms with van der Waals surface area (Å²) >= 11 is 0. The molecule has 3 heteroatoms. The first-order chi connectivity index (χ1) is 12.3. The molecule has 0 radical (unpaired) electrons. The quantitative estimate of drug-likeness (QED) is 0.458. The molecule has 4 rings (SSSR count). The predicted molar refractivity (Wildman–Crippen MR) is 105 cm³/mol. The fourth-order valence-electron chi connectivity index (χ4n) is 3.22. The summed E-state index contributed by atoms with van der Waals surface area (Å²) in [6, 6.07) is 12.9. The molecule has 1 aliphatic rings. The zero-order valence-electron chi connectivity index (χ0n) is 14.4. The SMILES string of the molecule is C=C/C(=C(\N=C/C)c1cccc(C2CC2)c1)c1ccc2nccn2c1. The van der Waals surface area contributed by atoms with E-state index in [1.54, 1.807) is 6.20 Å². The molecule has 1 aliphatic carbocycles. The largest absolute Gasteiger partial charge is 0.306 e. The summed E-state index contributed by atoms with van der Waals surface area (Å²) in [6.07, 6.45) is 12.2. The van der Waals surface area contributed by atoms with Gasteiger partial charge in [0.05, 0.1) is 5.70 Å². The molecule has 0 bridgehead atoms. The number of aliphatic imine (C=N–C) groups is 1. The number of allylic oxidation sites excluding steroid dienone is 2. The summed E-state index contributed by atoms with van der Waals surface area (Å²) < 4.78 is 2.02. The van der Waals surface area contributed by atoms with Crippen molar-refractivity contribution >= 4 is 23.1 Å². The molecular formula is C22H21N3. The van der Waals surface area contributed by atoms with Crippen molar-refractivity contribution < 1.29 is 0 Å². The highest BCUT2D eigenvalue weighted by atomic mass is 15.0. The Labute approximate surface area is 148 Å². The Kier molecular flexibility index (Phi) is 4.06. The number of hydrogen-bond donors (Lipinski definition) is 0. The van der Waals surface area contributed by atoms with Crippen molar-refractivity contribution in [3.8, 4) is 0 Å². The Morgan fingerprint density at radius 2 is 2.12 bits per heavy atom. The van der Waals surface area contributed by atoms with E-state index in [4.69, 9.17) is 0 Å². The molecular weight excluding hydrogens is 306 g/mol. The maximum Gasteiger partial charge on any atom is 0.136 e. The van der Waals surface area contributed by atoms with Gasteiger partial charge in [0.25, 0.3) is 0 Å². The van der Waals surface area contributed by atoms with Gasteiger partial charge in [-0.05, 0) is 49.4 Å². The molecule has 0 atom stereocenters. The van der Waals surface area contributed by atoms with E-state index in [0.717, 1.165) is 34.0 Å². The van der Waals surface area contributed by atoms with Crippen molar-refractivity contribution in [1.29, 1.82) is 0 Å². The van der Waals surface area contributed by atoms with Crippen LogP contribution < -0.4 is 0 Å². The maximum absolute atomic E-state index is 4.69. The molecule has 1 saturated carbocycles. The maximum atomic E-state index is 4.69. The van der Waals surface area contributed by atoms with Crippen LogP contribution in [-0.2, 0) is 0 Å². The van der Waals surface area contributed by atoms with Crippen LogP contribution in [0, 0.1) is 0 Å². The molecule has 0 aliphatic heterocycles. The minimum atomic E-state index is 0.723. The second-order valence-electron chi connectivity index (χ2n) is 6.36. The first-order valence-corrected chi connectivity index (χ1v) is 8.69. The van der Waals surface area contributed by atoms with Crippen molar-refractivity contribution in [2.24, 2.45) is 4.99 Å². The highest BCUT2D eigenvalue weighted by Crippen LogP contribution is 2.41. The molecule has 25 heavy (non-hydrogen) atoms. The molecule has 1 fully saturated rings. The van der Waals surface area contributed by atoms with Gasteiger partial charge in [0.2, 0.25) is 0 Å². The van der Waals surface area contributed by atoms with E-state index >= 15 is 0 Å². The van der Waals surface area contributed by atoms with Crippen LogP contribution in [0.5, 0.6) is 0 Å². The highest BCUT2D eigenvalue weighted by molar-refractivity contribution is 5.96. The summed E-state index contributed by atoms with van der Waals surface area (Å²) in [6.45, 7) is 6.00. The number of nitrogens with zero attached hydrogens (tertiary/aromatic N) is 3. The van der Waals surface area contributed by atoms with E-state index in [1.807, 2.05) is 35.9 Å². The van der Waals surface area contributed by atoms with Crippen LogP contribution in [0.1, 0.15) is 42.4 Å². The van der Waals surface area contributed by atoms with Crippen LogP contribution in [0.3, 0.4) is 0 Å². The van der Waals surface area contributed by atoms with Crippen molar-refractivity contribution in [2.45, 2.75) is 25.7 Å². The normalized spacial score (nSPS) is 15.6. The van der Waals surface area contributed by atoms with Gasteiger partial charge in [-0.25, -0.2) is 4.98 Å². The van der Waals surface area contributed by atoms with E-state index in [1.165, 1.54) is 18.4 Å². The number of aromatic nitrogens is 2. The smallest absolute Gasteiger partial charge is 0.136 e. The van der Waals surface area contributed by atoms with Gasteiger partial charge in [-0.3, -0.25) is 4.99 Å². The van der Waals surface area contributed by atoms with Crippen LogP contribution in [-0.4, -0.2) is 15.6 Å². The van der Waals surface area contributed by atoms with Crippen LogP contribution in [0.15, 0.2) is 72.6 Å². The van der Waals surface area contributed by atoms with Crippen LogP contribution in [0.25, 0.3) is 16.9 Å². The van der Waals surface area contributed by atoms with Gasteiger partial charge in [0.15, 0.2) is 0 Å². The van der Waals surface area contributed by atoms with Crippen LogP contribution in [0.4, 0.5) is 0 Å². The van der Waals surface area contributed by atoms with E-state index in [0.29, 0.717) is 0 Å². The minimum Gasteiger partial charge on any atom is -0.306 e. The van der Waals surface area contributed by atoms with Crippen molar-refractivity contribution in [3.63, 3.8) is 0 Å². The molecule has 0 unspecified atom stereocenters. The second kappa shape index (κ2) is 6.52. The van der Waals surface area contributed by atoms with Crippen molar-refractivity contribution in [2.75, 3.05) is 0 Å². The van der Waals surface area contributed by atoms with Crippen molar-refractivity contribution in [1.82, 2.24) is 9.38 Å². The zero-order chi connectivity index (χ0) is 17.2. The van der Waals surface area contributed by atoms with Gasteiger partial charge in [0, 0.05) is 41.5 Å². The third-order valence-corrected chi connectivity index (χ3v) is 4.63. The standard InChI is InChI=1S/C22H21N3/c1-3-20(19-10-11-21-24-12-13-25(21)15-19)22(23-4-2)18-7-5-6-17(14-18)16-8-9-16/h3-7,10-16H,1,8-9H2,2H3/b22-20+,23-4-. The van der Waals surface area contributed by atoms with E-state index in [-0.39, 0.29) is 0 Å². The Morgan fingerprint density at radius 1 is 1.24 bits per heavy atom. The summed E-state index contributed by atoms with van der Waals surface area (Å²) in [5.41, 5.74) is 6.56. The molecule has 0 amide bonds. The number of fused-ring (bicyclic) bond motifs is 1. The summed E-state index contributed by atoms with van der Waals surface area (Å²) in [5.74, 6) is 0.723. The van der Waals surface area contributed by atoms with Crippen LogP contribution >= 0.6 is 0 Å². The van der Waals surface area contributed by atoms with Gasteiger partial charge >= 0.3 is 0 Å². The van der Waals surface area contributed by atoms with Gasteiger partial charge in [-0.15, -0.1) is 0 Å². The Bertz CT molecular complexity index is 987. The van der Waals surface area contributed by atoms with E-state index in [9.17, 15) is 0 Å².